The van der Waals surface area contributed by atoms with Gasteiger partial charge in [0.1, 0.15) is 0 Å². The maximum Gasteiger partial charge on any atom is 0.254 e. The molecule has 3 heterocycles. The summed E-state index contributed by atoms with van der Waals surface area (Å²) in [4.78, 5) is 32.7. The smallest absolute Gasteiger partial charge is 0.254 e. The molecule has 0 spiro atoms. The number of nitrogens with one attached hydrogen (secondary N) is 2. The third-order valence-electron chi connectivity index (χ3n) is 6.03. The van der Waals surface area contributed by atoms with Crippen LogP contribution in [-0.4, -0.2) is 16.7 Å². The van der Waals surface area contributed by atoms with Crippen LogP contribution in [0.3, 0.4) is 0 Å². The fourth-order valence-electron chi connectivity index (χ4n) is 4.63. The summed E-state index contributed by atoms with van der Waals surface area (Å²) < 4.78 is 0. The summed E-state index contributed by atoms with van der Waals surface area (Å²) in [7, 11) is 0. The van der Waals surface area contributed by atoms with E-state index < -0.39 is 5.92 Å². The van der Waals surface area contributed by atoms with Crippen molar-refractivity contribution in [2.45, 2.75) is 31.6 Å². The van der Waals surface area contributed by atoms with Crippen molar-refractivity contribution in [1.29, 1.82) is 0 Å². The zero-order chi connectivity index (χ0) is 22.1. The number of para-hydroxylation sites is 1. The molecule has 0 bridgehead atoms. The summed E-state index contributed by atoms with van der Waals surface area (Å²) in [5.74, 6) is -0.486. The molecule has 1 aliphatic heterocycles. The van der Waals surface area contributed by atoms with E-state index in [4.69, 9.17) is 0 Å². The molecule has 2 aliphatic rings. The fraction of sp³-hybridized carbons (Fsp3) is 0.192. The lowest BCUT2D eigenvalue weighted by Crippen LogP contribution is -2.37. The Morgan fingerprint density at radius 1 is 1.06 bits per heavy atom. The summed E-state index contributed by atoms with van der Waals surface area (Å²) in [6, 6.07) is 19.1. The highest BCUT2D eigenvalue weighted by molar-refractivity contribution is 7.10. The molecule has 2 N–H and O–H groups in total. The molecule has 1 amide bonds. The molecule has 32 heavy (non-hydrogen) atoms. The molecule has 2 aromatic heterocycles. The molecule has 1 aliphatic carbocycles. The Labute approximate surface area is 190 Å². The Morgan fingerprint density at radius 2 is 1.88 bits per heavy atom. The Kier molecular flexibility index (Phi) is 5.45. The number of allylic oxidation sites excluding steroid dienone is 3. The number of rotatable bonds is 4. The van der Waals surface area contributed by atoms with Gasteiger partial charge in [-0.2, -0.15) is 0 Å². The topological polar surface area (TPSA) is 71.1 Å². The van der Waals surface area contributed by atoms with Gasteiger partial charge < -0.3 is 10.6 Å². The number of Topliss-reactive ketones (excluding diaryl/α,β-unsaturated/α-hetero) is 1. The van der Waals surface area contributed by atoms with Crippen molar-refractivity contribution >= 4 is 28.7 Å². The summed E-state index contributed by atoms with van der Waals surface area (Å²) in [5.41, 5.74) is 4.29. The number of benzene rings is 1. The van der Waals surface area contributed by atoms with E-state index in [-0.39, 0.29) is 17.6 Å². The van der Waals surface area contributed by atoms with Crippen LogP contribution in [0.5, 0.6) is 0 Å². The van der Waals surface area contributed by atoms with Crippen molar-refractivity contribution in [1.82, 2.24) is 10.3 Å². The standard InChI is InChI=1S/C26H23N3O2S/c1-16-23(26(31)29-18-8-3-2-4-9-18)25(19-10-5-6-12-27-19)24-20(28-16)14-17(15-21(24)30)22-11-7-13-32-22/h2-13,17,25,28H,14-15H2,1H3,(H,29,31)/t17-,25+/m1/s1. The number of amides is 1. The van der Waals surface area contributed by atoms with Crippen LogP contribution in [0.15, 0.2) is 94.8 Å². The molecular formula is C26H23N3O2S. The second kappa shape index (κ2) is 8.55. The molecule has 5 rings (SSSR count). The maximum absolute atomic E-state index is 13.5. The quantitative estimate of drug-likeness (QED) is 0.588. The normalized spacial score (nSPS) is 20.6. The minimum absolute atomic E-state index is 0.0744. The summed E-state index contributed by atoms with van der Waals surface area (Å²) in [6.45, 7) is 1.90. The van der Waals surface area contributed by atoms with Gasteiger partial charge in [0.2, 0.25) is 0 Å². The SMILES string of the molecule is CC1=C(C(=O)Nc2ccccc2)[C@H](c2ccccn2)C2=C(C[C@@H](c3cccs3)CC2=O)N1. The number of aromatic nitrogens is 1. The number of anilines is 1. The van der Waals surface area contributed by atoms with E-state index in [1.54, 1.807) is 17.5 Å². The number of pyridine rings is 1. The predicted molar refractivity (Wildman–Crippen MR) is 126 cm³/mol. The highest BCUT2D eigenvalue weighted by Crippen LogP contribution is 2.45. The van der Waals surface area contributed by atoms with Crippen LogP contribution in [0, 0.1) is 0 Å². The van der Waals surface area contributed by atoms with Gasteiger partial charge in [-0.1, -0.05) is 30.3 Å². The second-order valence-corrected chi connectivity index (χ2v) is 9.09. The van der Waals surface area contributed by atoms with Crippen molar-refractivity contribution in [2.75, 3.05) is 5.32 Å². The summed E-state index contributed by atoms with van der Waals surface area (Å²) in [6.07, 6.45) is 2.90. The lowest BCUT2D eigenvalue weighted by molar-refractivity contribution is -0.116. The van der Waals surface area contributed by atoms with Crippen LogP contribution in [0.1, 0.15) is 42.2 Å². The Hall–Kier alpha value is -3.51. The van der Waals surface area contributed by atoms with Crippen LogP contribution >= 0.6 is 11.3 Å². The van der Waals surface area contributed by atoms with E-state index >= 15 is 0 Å². The van der Waals surface area contributed by atoms with Gasteiger partial charge in [0.05, 0.1) is 11.6 Å². The molecule has 5 nitrogen and oxygen atoms in total. The van der Waals surface area contributed by atoms with Gasteiger partial charge in [-0.25, -0.2) is 0 Å². The van der Waals surface area contributed by atoms with Crippen LogP contribution in [-0.2, 0) is 9.59 Å². The number of thiophene rings is 1. The van der Waals surface area contributed by atoms with E-state index in [0.29, 0.717) is 28.9 Å². The summed E-state index contributed by atoms with van der Waals surface area (Å²) in [5, 5.41) is 8.45. The van der Waals surface area contributed by atoms with Gasteiger partial charge in [0, 0.05) is 51.6 Å². The largest absolute Gasteiger partial charge is 0.362 e. The lowest BCUT2D eigenvalue weighted by Gasteiger charge is -2.36. The van der Waals surface area contributed by atoms with Crippen molar-refractivity contribution in [2.24, 2.45) is 0 Å². The van der Waals surface area contributed by atoms with E-state index in [9.17, 15) is 9.59 Å². The molecule has 6 heteroatoms. The van der Waals surface area contributed by atoms with Crippen LogP contribution in [0.25, 0.3) is 0 Å². The Balaban J connectivity index is 1.56. The second-order valence-electron chi connectivity index (χ2n) is 8.11. The minimum Gasteiger partial charge on any atom is -0.362 e. The van der Waals surface area contributed by atoms with Gasteiger partial charge in [0.15, 0.2) is 5.78 Å². The Bertz CT molecular complexity index is 1210. The first-order valence-electron chi connectivity index (χ1n) is 10.7. The molecule has 0 fully saturated rings. The zero-order valence-electron chi connectivity index (χ0n) is 17.7. The average Bonchev–Trinajstić information content (AvgIpc) is 3.34. The van der Waals surface area contributed by atoms with Gasteiger partial charge in [-0.3, -0.25) is 14.6 Å². The van der Waals surface area contributed by atoms with E-state index in [0.717, 1.165) is 17.8 Å². The highest BCUT2D eigenvalue weighted by atomic mass is 32.1. The molecule has 0 radical (unpaired) electrons. The molecule has 0 saturated carbocycles. The van der Waals surface area contributed by atoms with Crippen molar-refractivity contribution in [3.8, 4) is 0 Å². The zero-order valence-corrected chi connectivity index (χ0v) is 18.5. The highest BCUT2D eigenvalue weighted by Gasteiger charge is 2.41. The van der Waals surface area contributed by atoms with E-state index in [1.807, 2.05) is 66.9 Å². The molecule has 1 aromatic carbocycles. The number of carbonyl (C=O) groups is 2. The first-order chi connectivity index (χ1) is 15.6. The van der Waals surface area contributed by atoms with Crippen LogP contribution < -0.4 is 10.6 Å². The molecule has 0 unspecified atom stereocenters. The van der Waals surface area contributed by atoms with Gasteiger partial charge in [-0.05, 0) is 49.1 Å². The van der Waals surface area contributed by atoms with E-state index in [2.05, 4.69) is 21.7 Å². The van der Waals surface area contributed by atoms with E-state index in [1.165, 1.54) is 4.88 Å². The molecule has 160 valence electrons. The predicted octanol–water partition coefficient (Wildman–Crippen LogP) is 5.14. The number of ketones is 1. The van der Waals surface area contributed by atoms with Crippen LogP contribution in [0.4, 0.5) is 5.69 Å². The average molecular weight is 442 g/mol. The number of nitrogens with zero attached hydrogens (tertiary/aromatic N) is 1. The minimum atomic E-state index is -0.493. The molecule has 3 aromatic rings. The first-order valence-corrected chi connectivity index (χ1v) is 11.5. The number of hydrogen-bond donors (Lipinski definition) is 2. The van der Waals surface area contributed by atoms with Crippen molar-refractivity contribution < 1.29 is 9.59 Å². The molecular weight excluding hydrogens is 418 g/mol. The third-order valence-corrected chi connectivity index (χ3v) is 7.07. The van der Waals surface area contributed by atoms with Crippen molar-refractivity contribution in [3.63, 3.8) is 0 Å². The lowest BCUT2D eigenvalue weighted by atomic mass is 9.73. The van der Waals surface area contributed by atoms with Gasteiger partial charge in [-0.15, -0.1) is 11.3 Å². The number of hydrogen-bond acceptors (Lipinski definition) is 5. The fourth-order valence-corrected chi connectivity index (χ4v) is 5.46. The van der Waals surface area contributed by atoms with Crippen molar-refractivity contribution in [3.05, 3.63) is 105 Å². The third kappa shape index (κ3) is 3.78. The monoisotopic (exact) mass is 441 g/mol. The molecule has 2 atom stereocenters. The molecule has 0 saturated heterocycles. The summed E-state index contributed by atoms with van der Waals surface area (Å²) >= 11 is 1.68. The Morgan fingerprint density at radius 3 is 2.59 bits per heavy atom. The number of dihydropyridines is 1. The van der Waals surface area contributed by atoms with Crippen LogP contribution in [0.2, 0.25) is 0 Å². The maximum atomic E-state index is 13.5. The van der Waals surface area contributed by atoms with Gasteiger partial charge in [0.25, 0.3) is 5.91 Å². The number of carbonyl (C=O) groups excluding carboxylic acids is 2. The van der Waals surface area contributed by atoms with Gasteiger partial charge >= 0.3 is 0 Å². The first kappa shape index (κ1) is 20.4.